The van der Waals surface area contributed by atoms with E-state index in [1.54, 1.807) is 29.3 Å². The largest absolute Gasteiger partial charge is 0.496 e. The third-order valence-corrected chi connectivity index (χ3v) is 7.75. The maximum Gasteiger partial charge on any atom is 0.262 e. The number of rotatable bonds is 8. The van der Waals surface area contributed by atoms with Gasteiger partial charge in [0.25, 0.3) is 5.56 Å². The number of methoxy groups -OCH3 is 1. The minimum atomic E-state index is 0.00213. The quantitative estimate of drug-likeness (QED) is 0.395. The number of fused-ring (bicyclic) bond motifs is 2. The van der Waals surface area contributed by atoms with Gasteiger partial charge in [0, 0.05) is 30.1 Å². The Morgan fingerprint density at radius 3 is 2.97 bits per heavy atom. The topological polar surface area (TPSA) is 65.4 Å². The van der Waals surface area contributed by atoms with Gasteiger partial charge in [-0.2, -0.15) is 0 Å². The Morgan fingerprint density at radius 1 is 1.27 bits per heavy atom. The van der Waals surface area contributed by atoms with Crippen LogP contribution in [0.1, 0.15) is 28.8 Å². The predicted molar refractivity (Wildman–Crippen MR) is 134 cm³/mol. The summed E-state index contributed by atoms with van der Waals surface area (Å²) in [6, 6.07) is 12.2. The molecule has 1 N–H and O–H groups in total. The number of thiophene rings is 1. The fourth-order valence-electron chi connectivity index (χ4n) is 4.67. The van der Waals surface area contributed by atoms with E-state index in [-0.39, 0.29) is 5.56 Å². The van der Waals surface area contributed by atoms with Crippen LogP contribution in [0.2, 0.25) is 0 Å². The molecule has 0 spiro atoms. The molecular weight excluding hydrogens is 434 g/mol. The molecule has 0 aliphatic carbocycles. The molecule has 5 rings (SSSR count). The molecule has 0 bridgehead atoms. The number of aryl methyl sites for hydroxylation is 1. The first-order valence-corrected chi connectivity index (χ1v) is 12.3. The van der Waals surface area contributed by atoms with Crippen molar-refractivity contribution in [3.8, 4) is 5.75 Å². The van der Waals surface area contributed by atoms with Crippen LogP contribution in [0.25, 0.3) is 21.0 Å². The van der Waals surface area contributed by atoms with Gasteiger partial charge in [0.05, 0.1) is 31.5 Å². The lowest BCUT2D eigenvalue weighted by atomic mass is 10.0. The first-order chi connectivity index (χ1) is 16.2. The van der Waals surface area contributed by atoms with Crippen molar-refractivity contribution in [3.05, 3.63) is 69.1 Å². The summed E-state index contributed by atoms with van der Waals surface area (Å²) in [4.78, 5) is 20.1. The molecule has 4 aromatic rings. The monoisotopic (exact) mass is 463 g/mol. The van der Waals surface area contributed by atoms with E-state index in [1.165, 1.54) is 4.88 Å². The molecule has 0 saturated carbocycles. The molecule has 2 aromatic carbocycles. The zero-order valence-corrected chi connectivity index (χ0v) is 19.9. The average molecular weight is 464 g/mol. The number of aromatic nitrogens is 2. The van der Waals surface area contributed by atoms with Gasteiger partial charge in [0.1, 0.15) is 10.6 Å². The summed E-state index contributed by atoms with van der Waals surface area (Å²) in [7, 11) is 1.67. The van der Waals surface area contributed by atoms with Crippen molar-refractivity contribution in [2.45, 2.75) is 38.8 Å². The van der Waals surface area contributed by atoms with Crippen LogP contribution < -0.4 is 15.6 Å². The third-order valence-electron chi connectivity index (χ3n) is 6.49. The van der Waals surface area contributed by atoms with Crippen molar-refractivity contribution in [3.63, 3.8) is 0 Å². The molecule has 172 valence electrons. The minimum absolute atomic E-state index is 0.00213. The third kappa shape index (κ3) is 4.40. The summed E-state index contributed by atoms with van der Waals surface area (Å²) in [6.07, 6.45) is 5.19. The van der Waals surface area contributed by atoms with E-state index in [0.717, 1.165) is 76.8 Å². The van der Waals surface area contributed by atoms with E-state index in [4.69, 9.17) is 9.47 Å². The van der Waals surface area contributed by atoms with Gasteiger partial charge in [-0.05, 0) is 48.6 Å². The van der Waals surface area contributed by atoms with Crippen molar-refractivity contribution >= 4 is 32.3 Å². The predicted octanol–water partition coefficient (Wildman–Crippen LogP) is 4.29. The van der Waals surface area contributed by atoms with Crippen LogP contribution in [0.4, 0.5) is 0 Å². The highest BCUT2D eigenvalue weighted by atomic mass is 32.1. The first kappa shape index (κ1) is 22.1. The summed E-state index contributed by atoms with van der Waals surface area (Å²) >= 11 is 1.63. The molecule has 0 amide bonds. The molecule has 33 heavy (non-hydrogen) atoms. The molecular formula is C26H29N3O3S. The van der Waals surface area contributed by atoms with E-state index in [1.807, 2.05) is 31.2 Å². The number of ether oxygens (including phenoxy) is 2. The zero-order valence-electron chi connectivity index (χ0n) is 19.1. The number of hydrogen-bond acceptors (Lipinski definition) is 6. The lowest BCUT2D eigenvalue weighted by Gasteiger charge is -2.13. The van der Waals surface area contributed by atoms with Crippen LogP contribution in [0.3, 0.4) is 0 Å². The Hall–Kier alpha value is -2.74. The highest BCUT2D eigenvalue weighted by molar-refractivity contribution is 7.18. The van der Waals surface area contributed by atoms with Gasteiger partial charge in [-0.3, -0.25) is 9.36 Å². The standard InChI is InChI=1S/C26H29N3O3S/c1-17-23(11-12-27-14-19-7-5-13-32-19)33-25-24(17)26(30)29(16-28-25)15-21-20-8-4-3-6-18(20)9-10-22(21)31-2/h3-4,6,8-10,16,19,27H,5,7,11-15H2,1-2H3. The van der Waals surface area contributed by atoms with Gasteiger partial charge < -0.3 is 14.8 Å². The van der Waals surface area contributed by atoms with E-state index >= 15 is 0 Å². The van der Waals surface area contributed by atoms with Gasteiger partial charge in [0.15, 0.2) is 0 Å². The number of nitrogens with one attached hydrogen (secondary N) is 1. The van der Waals surface area contributed by atoms with Crippen LogP contribution >= 0.6 is 11.3 Å². The Kier molecular flexibility index (Phi) is 6.44. The van der Waals surface area contributed by atoms with Crippen molar-refractivity contribution in [1.29, 1.82) is 0 Å². The Morgan fingerprint density at radius 2 is 2.15 bits per heavy atom. The zero-order chi connectivity index (χ0) is 22.8. The highest BCUT2D eigenvalue weighted by Crippen LogP contribution is 2.30. The molecule has 1 aliphatic heterocycles. The SMILES string of the molecule is COc1ccc2ccccc2c1Cn1cnc2sc(CCNCC3CCCO3)c(C)c2c1=O. The molecule has 1 saturated heterocycles. The maximum atomic E-state index is 13.5. The van der Waals surface area contributed by atoms with Crippen LogP contribution in [0, 0.1) is 6.92 Å². The lowest BCUT2D eigenvalue weighted by molar-refractivity contribution is 0.110. The lowest BCUT2D eigenvalue weighted by Crippen LogP contribution is -2.27. The summed E-state index contributed by atoms with van der Waals surface area (Å²) in [5.41, 5.74) is 2.04. The Balaban J connectivity index is 1.40. The van der Waals surface area contributed by atoms with E-state index < -0.39 is 0 Å². The van der Waals surface area contributed by atoms with E-state index in [9.17, 15) is 4.79 Å². The van der Waals surface area contributed by atoms with Gasteiger partial charge in [-0.25, -0.2) is 4.98 Å². The summed E-state index contributed by atoms with van der Waals surface area (Å²) in [5.74, 6) is 0.778. The highest BCUT2D eigenvalue weighted by Gasteiger charge is 2.17. The average Bonchev–Trinajstić information content (AvgIpc) is 3.47. The van der Waals surface area contributed by atoms with Crippen molar-refractivity contribution in [2.24, 2.45) is 0 Å². The minimum Gasteiger partial charge on any atom is -0.496 e. The number of nitrogens with zero attached hydrogens (tertiary/aromatic N) is 2. The summed E-state index contributed by atoms with van der Waals surface area (Å²) < 4.78 is 13.0. The number of hydrogen-bond donors (Lipinski definition) is 1. The number of benzene rings is 2. The molecule has 1 fully saturated rings. The van der Waals surface area contributed by atoms with Crippen LogP contribution in [0.5, 0.6) is 5.75 Å². The van der Waals surface area contributed by atoms with Crippen molar-refractivity contribution in [2.75, 3.05) is 26.8 Å². The molecule has 1 unspecified atom stereocenters. The molecule has 3 heterocycles. The molecule has 0 radical (unpaired) electrons. The molecule has 7 heteroatoms. The summed E-state index contributed by atoms with van der Waals surface area (Å²) in [5, 5.41) is 6.44. The smallest absolute Gasteiger partial charge is 0.262 e. The van der Waals surface area contributed by atoms with Crippen molar-refractivity contribution < 1.29 is 9.47 Å². The van der Waals surface area contributed by atoms with Crippen LogP contribution in [-0.2, 0) is 17.7 Å². The fraction of sp³-hybridized carbons (Fsp3) is 0.385. The second-order valence-corrected chi connectivity index (χ2v) is 9.65. The van der Waals surface area contributed by atoms with Crippen LogP contribution in [-0.4, -0.2) is 42.5 Å². The van der Waals surface area contributed by atoms with E-state index in [0.29, 0.717) is 12.6 Å². The molecule has 6 nitrogen and oxygen atoms in total. The van der Waals surface area contributed by atoms with Gasteiger partial charge >= 0.3 is 0 Å². The van der Waals surface area contributed by atoms with Gasteiger partial charge in [0.2, 0.25) is 0 Å². The molecule has 1 atom stereocenters. The second-order valence-electron chi connectivity index (χ2n) is 8.56. The normalized spacial score (nSPS) is 16.1. The second kappa shape index (κ2) is 9.63. The Labute approximate surface area is 197 Å². The fourth-order valence-corrected chi connectivity index (χ4v) is 5.80. The van der Waals surface area contributed by atoms with E-state index in [2.05, 4.69) is 22.4 Å². The maximum absolute atomic E-state index is 13.5. The van der Waals surface area contributed by atoms with Gasteiger partial charge in [-0.15, -0.1) is 11.3 Å². The summed E-state index contributed by atoms with van der Waals surface area (Å²) in [6.45, 7) is 5.10. The molecule has 1 aliphatic rings. The Bertz CT molecular complexity index is 1340. The van der Waals surface area contributed by atoms with Crippen LogP contribution in [0.15, 0.2) is 47.5 Å². The molecule has 2 aromatic heterocycles. The van der Waals surface area contributed by atoms with Crippen molar-refractivity contribution in [1.82, 2.24) is 14.9 Å². The van der Waals surface area contributed by atoms with Gasteiger partial charge in [-0.1, -0.05) is 30.3 Å². The first-order valence-electron chi connectivity index (χ1n) is 11.5.